The summed E-state index contributed by atoms with van der Waals surface area (Å²) in [6.45, 7) is 9.33. The van der Waals surface area contributed by atoms with Crippen molar-refractivity contribution in [1.82, 2.24) is 0 Å². The quantitative estimate of drug-likeness (QED) is 0.139. The molecular formula is C29H59. The Morgan fingerprint density at radius 2 is 0.586 bits per heavy atom. The third-order valence-corrected chi connectivity index (χ3v) is 6.76. The van der Waals surface area contributed by atoms with Gasteiger partial charge in [0.05, 0.1) is 0 Å². The monoisotopic (exact) mass is 407 g/mol. The van der Waals surface area contributed by atoms with Crippen LogP contribution in [0.1, 0.15) is 169 Å². The maximum Gasteiger partial charge on any atom is -0.0324 e. The first-order chi connectivity index (χ1) is 14.3. The zero-order chi connectivity index (χ0) is 21.4. The van der Waals surface area contributed by atoms with Gasteiger partial charge in [-0.1, -0.05) is 169 Å². The van der Waals surface area contributed by atoms with Gasteiger partial charge in [-0.15, -0.1) is 0 Å². The van der Waals surface area contributed by atoms with Crippen LogP contribution in [-0.2, 0) is 0 Å². The molecule has 175 valence electrons. The fraction of sp³-hybridized carbons (Fsp3) is 0.966. The van der Waals surface area contributed by atoms with Crippen molar-refractivity contribution in [2.45, 2.75) is 169 Å². The average Bonchev–Trinajstić information content (AvgIpc) is 2.73. The van der Waals surface area contributed by atoms with Gasteiger partial charge in [0.1, 0.15) is 0 Å². The summed E-state index contributed by atoms with van der Waals surface area (Å²) in [5, 5.41) is 0. The van der Waals surface area contributed by atoms with Gasteiger partial charge in [-0.05, 0) is 18.3 Å². The fourth-order valence-corrected chi connectivity index (χ4v) is 4.75. The topological polar surface area (TPSA) is 0 Å². The molecule has 0 aliphatic carbocycles. The van der Waals surface area contributed by atoms with Gasteiger partial charge >= 0.3 is 0 Å². The first-order valence-corrected chi connectivity index (χ1v) is 14.1. The number of hydrogen-bond donors (Lipinski definition) is 0. The second kappa shape index (κ2) is 24.3. The van der Waals surface area contributed by atoms with Crippen LogP contribution in [0.3, 0.4) is 0 Å². The summed E-state index contributed by atoms with van der Waals surface area (Å²) >= 11 is 0. The van der Waals surface area contributed by atoms with Gasteiger partial charge in [0.2, 0.25) is 0 Å². The summed E-state index contributed by atoms with van der Waals surface area (Å²) in [6, 6.07) is 0. The smallest absolute Gasteiger partial charge is 0.0324 e. The molecule has 0 fully saturated rings. The Labute approximate surface area is 187 Å². The van der Waals surface area contributed by atoms with Crippen molar-refractivity contribution < 1.29 is 0 Å². The van der Waals surface area contributed by atoms with E-state index in [9.17, 15) is 0 Å². The van der Waals surface area contributed by atoms with E-state index in [0.29, 0.717) is 0 Å². The molecule has 0 spiro atoms. The van der Waals surface area contributed by atoms with Crippen LogP contribution < -0.4 is 0 Å². The Hall–Kier alpha value is 0. The number of unbranched alkanes of at least 4 members (excludes halogenated alkanes) is 14. The van der Waals surface area contributed by atoms with E-state index in [1.165, 1.54) is 141 Å². The van der Waals surface area contributed by atoms with Gasteiger partial charge in [0.25, 0.3) is 0 Å². The first kappa shape index (κ1) is 29.0. The molecule has 2 unspecified atom stereocenters. The lowest BCUT2D eigenvalue weighted by Crippen LogP contribution is -2.11. The molecule has 0 saturated heterocycles. The van der Waals surface area contributed by atoms with Crippen LogP contribution in [0.5, 0.6) is 0 Å². The molecule has 0 heteroatoms. The molecule has 2 atom stereocenters. The molecule has 0 aliphatic rings. The molecule has 0 rings (SSSR count). The molecule has 0 nitrogen and oxygen atoms in total. The highest BCUT2D eigenvalue weighted by molar-refractivity contribution is 4.84. The summed E-state index contributed by atoms with van der Waals surface area (Å²) in [5.74, 6) is 1.81. The molecule has 0 saturated carbocycles. The highest BCUT2D eigenvalue weighted by Crippen LogP contribution is 2.30. The lowest BCUT2D eigenvalue weighted by molar-refractivity contribution is 0.366. The van der Waals surface area contributed by atoms with Crippen molar-refractivity contribution in [3.63, 3.8) is 0 Å². The molecule has 0 aromatic carbocycles. The average molecular weight is 408 g/mol. The third kappa shape index (κ3) is 21.0. The molecule has 0 N–H and O–H groups in total. The Balaban J connectivity index is 4.41. The Morgan fingerprint density at radius 1 is 0.345 bits per heavy atom. The van der Waals surface area contributed by atoms with E-state index < -0.39 is 0 Å². The van der Waals surface area contributed by atoms with Crippen molar-refractivity contribution in [2.75, 3.05) is 0 Å². The number of hydrogen-bond acceptors (Lipinski definition) is 0. The summed E-state index contributed by atoms with van der Waals surface area (Å²) in [5.41, 5.74) is 0. The molecular weight excluding hydrogens is 348 g/mol. The standard InChI is InChI=1S/C29H59/c1-5-9-13-16-18-22-26-28(23-19-12-8-4)27-29(24-20-15-11-7-3)25-21-17-14-10-6-2/h27-29H,5-26H2,1-4H3. The highest BCUT2D eigenvalue weighted by atomic mass is 14.2. The van der Waals surface area contributed by atoms with E-state index >= 15 is 0 Å². The van der Waals surface area contributed by atoms with Crippen LogP contribution in [-0.4, -0.2) is 0 Å². The van der Waals surface area contributed by atoms with Crippen LogP contribution >= 0.6 is 0 Å². The van der Waals surface area contributed by atoms with E-state index in [1.807, 2.05) is 0 Å². The van der Waals surface area contributed by atoms with Crippen LogP contribution in [0.25, 0.3) is 0 Å². The second-order valence-electron chi connectivity index (χ2n) is 9.82. The zero-order valence-electron chi connectivity index (χ0n) is 21.3. The lowest BCUT2D eigenvalue weighted by atomic mass is 9.82. The molecule has 1 radical (unpaired) electrons. The Bertz CT molecular complexity index is 282. The van der Waals surface area contributed by atoms with Crippen molar-refractivity contribution >= 4 is 0 Å². The van der Waals surface area contributed by atoms with Crippen molar-refractivity contribution in [2.24, 2.45) is 11.8 Å². The van der Waals surface area contributed by atoms with Gasteiger partial charge in [0, 0.05) is 0 Å². The molecule has 0 heterocycles. The second-order valence-corrected chi connectivity index (χ2v) is 9.82. The molecule has 0 bridgehead atoms. The summed E-state index contributed by atoms with van der Waals surface area (Å²) in [6.07, 6.45) is 34.5. The predicted octanol–water partition coefficient (Wildman–Crippen LogP) is 11.1. The van der Waals surface area contributed by atoms with Crippen LogP contribution in [0.15, 0.2) is 0 Å². The number of rotatable bonds is 24. The SMILES string of the molecule is CCCCCCCCC([CH]C(CCCCCC)CCCCCCC)CCCCC. The molecule has 0 aliphatic heterocycles. The van der Waals surface area contributed by atoms with Gasteiger partial charge < -0.3 is 0 Å². The van der Waals surface area contributed by atoms with Crippen molar-refractivity contribution in [1.29, 1.82) is 0 Å². The molecule has 0 amide bonds. The minimum Gasteiger partial charge on any atom is -0.0654 e. The lowest BCUT2D eigenvalue weighted by Gasteiger charge is -2.24. The maximum atomic E-state index is 2.87. The van der Waals surface area contributed by atoms with Gasteiger partial charge in [0.15, 0.2) is 0 Å². The summed E-state index contributed by atoms with van der Waals surface area (Å²) in [4.78, 5) is 0. The molecule has 0 aromatic rings. The highest BCUT2D eigenvalue weighted by Gasteiger charge is 2.17. The van der Waals surface area contributed by atoms with E-state index in [4.69, 9.17) is 0 Å². The van der Waals surface area contributed by atoms with Crippen LogP contribution in [0.2, 0.25) is 0 Å². The van der Waals surface area contributed by atoms with Gasteiger partial charge in [-0.25, -0.2) is 0 Å². The predicted molar refractivity (Wildman–Crippen MR) is 136 cm³/mol. The fourth-order valence-electron chi connectivity index (χ4n) is 4.75. The Morgan fingerprint density at radius 3 is 0.966 bits per heavy atom. The van der Waals surface area contributed by atoms with E-state index in [1.54, 1.807) is 0 Å². The van der Waals surface area contributed by atoms with E-state index in [0.717, 1.165) is 11.8 Å². The largest absolute Gasteiger partial charge is 0.0654 e. The summed E-state index contributed by atoms with van der Waals surface area (Å²) < 4.78 is 0. The molecule has 0 aromatic heterocycles. The van der Waals surface area contributed by atoms with E-state index in [2.05, 4.69) is 34.1 Å². The normalized spacial score (nSPS) is 13.7. The van der Waals surface area contributed by atoms with E-state index in [-0.39, 0.29) is 0 Å². The first-order valence-electron chi connectivity index (χ1n) is 14.1. The van der Waals surface area contributed by atoms with Crippen LogP contribution in [0, 0.1) is 18.3 Å². The minimum absolute atomic E-state index is 0.902. The van der Waals surface area contributed by atoms with Crippen LogP contribution in [0.4, 0.5) is 0 Å². The van der Waals surface area contributed by atoms with Crippen molar-refractivity contribution in [3.05, 3.63) is 6.42 Å². The Kier molecular flexibility index (Phi) is 24.3. The zero-order valence-corrected chi connectivity index (χ0v) is 21.3. The molecule has 29 heavy (non-hydrogen) atoms. The minimum atomic E-state index is 0.902. The van der Waals surface area contributed by atoms with Gasteiger partial charge in [-0.2, -0.15) is 0 Å². The third-order valence-electron chi connectivity index (χ3n) is 6.76. The summed E-state index contributed by atoms with van der Waals surface area (Å²) in [7, 11) is 0. The van der Waals surface area contributed by atoms with Gasteiger partial charge in [-0.3, -0.25) is 0 Å². The van der Waals surface area contributed by atoms with Crippen molar-refractivity contribution in [3.8, 4) is 0 Å². The maximum absolute atomic E-state index is 2.87.